The van der Waals surface area contributed by atoms with Gasteiger partial charge in [0.05, 0.1) is 0 Å². The highest BCUT2D eigenvalue weighted by Gasteiger charge is 2.04. The first-order valence-electron chi connectivity index (χ1n) is 5.67. The van der Waals surface area contributed by atoms with Crippen LogP contribution in [0.4, 0.5) is 0 Å². The van der Waals surface area contributed by atoms with Gasteiger partial charge in [-0.25, -0.2) is 0 Å². The lowest BCUT2D eigenvalue weighted by molar-refractivity contribution is 0.585. The van der Waals surface area contributed by atoms with Crippen molar-refractivity contribution in [2.75, 3.05) is 6.54 Å². The van der Waals surface area contributed by atoms with Gasteiger partial charge in [0.15, 0.2) is 0 Å². The van der Waals surface area contributed by atoms with E-state index in [9.17, 15) is 0 Å². The second kappa shape index (κ2) is 5.83. The number of benzene rings is 1. The van der Waals surface area contributed by atoms with Gasteiger partial charge >= 0.3 is 0 Å². The average molecular weight is 231 g/mol. The van der Waals surface area contributed by atoms with Crippen LogP contribution >= 0.6 is 11.3 Å². The Labute approximate surface area is 101 Å². The van der Waals surface area contributed by atoms with E-state index in [0.29, 0.717) is 6.04 Å². The third-order valence-corrected chi connectivity index (χ3v) is 3.73. The van der Waals surface area contributed by atoms with E-state index in [-0.39, 0.29) is 0 Å². The Morgan fingerprint density at radius 2 is 1.94 bits per heavy atom. The van der Waals surface area contributed by atoms with Crippen molar-refractivity contribution in [1.29, 1.82) is 0 Å². The quantitative estimate of drug-likeness (QED) is 0.828. The molecule has 16 heavy (non-hydrogen) atoms. The van der Waals surface area contributed by atoms with Crippen LogP contribution < -0.4 is 5.32 Å². The molecule has 2 heteroatoms. The summed E-state index contributed by atoms with van der Waals surface area (Å²) in [5.41, 5.74) is 1.40. The largest absolute Gasteiger partial charge is 0.309 e. The Bertz CT molecular complexity index is 394. The summed E-state index contributed by atoms with van der Waals surface area (Å²) in [6, 6.07) is 15.4. The van der Waals surface area contributed by atoms with Crippen LogP contribution in [0.2, 0.25) is 0 Å². The highest BCUT2D eigenvalue weighted by molar-refractivity contribution is 7.10. The molecule has 0 radical (unpaired) electrons. The van der Waals surface area contributed by atoms with E-state index in [1.807, 2.05) is 11.3 Å². The van der Waals surface area contributed by atoms with Gasteiger partial charge < -0.3 is 5.32 Å². The SMILES string of the molecule is C[C@H](NCCc1ccccc1)c1cccs1. The van der Waals surface area contributed by atoms with Crippen molar-refractivity contribution in [3.63, 3.8) is 0 Å². The number of thiophene rings is 1. The minimum absolute atomic E-state index is 0.462. The summed E-state index contributed by atoms with van der Waals surface area (Å²) < 4.78 is 0. The number of rotatable bonds is 5. The molecule has 1 aromatic carbocycles. The van der Waals surface area contributed by atoms with Gasteiger partial charge in [0.2, 0.25) is 0 Å². The topological polar surface area (TPSA) is 12.0 Å². The first-order valence-corrected chi connectivity index (χ1v) is 6.55. The molecule has 0 spiro atoms. The van der Waals surface area contributed by atoms with Crippen LogP contribution in [0.1, 0.15) is 23.4 Å². The van der Waals surface area contributed by atoms with E-state index >= 15 is 0 Å². The van der Waals surface area contributed by atoms with Crippen LogP contribution in [0.3, 0.4) is 0 Å². The van der Waals surface area contributed by atoms with Gasteiger partial charge in [-0.3, -0.25) is 0 Å². The standard InChI is InChI=1S/C14H17NS/c1-12(14-8-5-11-16-14)15-10-9-13-6-3-2-4-7-13/h2-8,11-12,15H,9-10H2,1H3/t12-/m0/s1. The van der Waals surface area contributed by atoms with Crippen molar-refractivity contribution in [3.8, 4) is 0 Å². The number of hydrogen-bond acceptors (Lipinski definition) is 2. The summed E-state index contributed by atoms with van der Waals surface area (Å²) in [5.74, 6) is 0. The Balaban J connectivity index is 1.76. The summed E-state index contributed by atoms with van der Waals surface area (Å²) in [4.78, 5) is 1.41. The van der Waals surface area contributed by atoms with E-state index in [4.69, 9.17) is 0 Å². The second-order valence-electron chi connectivity index (χ2n) is 3.93. The minimum Gasteiger partial charge on any atom is -0.309 e. The number of hydrogen-bond donors (Lipinski definition) is 1. The summed E-state index contributed by atoms with van der Waals surface area (Å²) in [6.07, 6.45) is 1.09. The molecule has 0 aliphatic heterocycles. The third-order valence-electron chi connectivity index (χ3n) is 2.68. The highest BCUT2D eigenvalue weighted by Crippen LogP contribution is 2.17. The smallest absolute Gasteiger partial charge is 0.0386 e. The van der Waals surface area contributed by atoms with Gasteiger partial charge in [0.25, 0.3) is 0 Å². The molecule has 0 saturated heterocycles. The van der Waals surface area contributed by atoms with Gasteiger partial charge in [-0.2, -0.15) is 0 Å². The zero-order valence-corrected chi connectivity index (χ0v) is 10.3. The van der Waals surface area contributed by atoms with Crippen molar-refractivity contribution in [3.05, 3.63) is 58.3 Å². The van der Waals surface area contributed by atoms with Crippen LogP contribution in [-0.2, 0) is 6.42 Å². The Hall–Kier alpha value is -1.12. The monoisotopic (exact) mass is 231 g/mol. The maximum absolute atomic E-state index is 3.54. The molecule has 84 valence electrons. The molecule has 0 saturated carbocycles. The summed E-state index contributed by atoms with van der Waals surface area (Å²) >= 11 is 1.81. The van der Waals surface area contributed by atoms with Crippen LogP contribution in [0.25, 0.3) is 0 Å². The lowest BCUT2D eigenvalue weighted by Gasteiger charge is -2.11. The molecule has 1 aromatic heterocycles. The Morgan fingerprint density at radius 3 is 2.62 bits per heavy atom. The molecule has 1 heterocycles. The molecule has 0 unspecified atom stereocenters. The molecule has 0 fully saturated rings. The van der Waals surface area contributed by atoms with Gasteiger partial charge in [0, 0.05) is 10.9 Å². The van der Waals surface area contributed by atoms with Gasteiger partial charge in [0.1, 0.15) is 0 Å². The second-order valence-corrected chi connectivity index (χ2v) is 4.91. The van der Waals surface area contributed by atoms with E-state index in [2.05, 4.69) is 60.1 Å². The predicted octanol–water partition coefficient (Wildman–Crippen LogP) is 3.64. The van der Waals surface area contributed by atoms with E-state index in [0.717, 1.165) is 13.0 Å². The first kappa shape index (κ1) is 11.4. The van der Waals surface area contributed by atoms with Crippen LogP contribution in [-0.4, -0.2) is 6.54 Å². The maximum Gasteiger partial charge on any atom is 0.0386 e. The van der Waals surface area contributed by atoms with Gasteiger partial charge in [-0.15, -0.1) is 11.3 Å². The fourth-order valence-electron chi connectivity index (χ4n) is 1.72. The molecule has 0 bridgehead atoms. The molecule has 0 aliphatic rings. The normalized spacial score (nSPS) is 12.6. The van der Waals surface area contributed by atoms with Crippen LogP contribution in [0.15, 0.2) is 47.8 Å². The zero-order chi connectivity index (χ0) is 11.2. The van der Waals surface area contributed by atoms with Crippen molar-refractivity contribution in [2.45, 2.75) is 19.4 Å². The average Bonchev–Trinajstić information content (AvgIpc) is 2.84. The molecule has 1 atom stereocenters. The fraction of sp³-hybridized carbons (Fsp3) is 0.286. The molecule has 1 nitrogen and oxygen atoms in total. The molecule has 2 rings (SSSR count). The molecule has 1 N–H and O–H groups in total. The van der Waals surface area contributed by atoms with Gasteiger partial charge in [-0.1, -0.05) is 36.4 Å². The highest BCUT2D eigenvalue weighted by atomic mass is 32.1. The predicted molar refractivity (Wildman–Crippen MR) is 70.9 cm³/mol. The first-order chi connectivity index (χ1) is 7.86. The lowest BCUT2D eigenvalue weighted by Crippen LogP contribution is -2.20. The van der Waals surface area contributed by atoms with Crippen molar-refractivity contribution < 1.29 is 0 Å². The summed E-state index contributed by atoms with van der Waals surface area (Å²) in [6.45, 7) is 3.25. The zero-order valence-electron chi connectivity index (χ0n) is 9.52. The van der Waals surface area contributed by atoms with Crippen molar-refractivity contribution in [2.24, 2.45) is 0 Å². The summed E-state index contributed by atoms with van der Waals surface area (Å²) in [5, 5.41) is 5.67. The number of nitrogens with one attached hydrogen (secondary N) is 1. The lowest BCUT2D eigenvalue weighted by atomic mass is 10.1. The molecule has 0 amide bonds. The Kier molecular flexibility index (Phi) is 4.14. The summed E-state index contributed by atoms with van der Waals surface area (Å²) in [7, 11) is 0. The fourth-order valence-corrected chi connectivity index (χ4v) is 2.47. The Morgan fingerprint density at radius 1 is 1.12 bits per heavy atom. The van der Waals surface area contributed by atoms with E-state index < -0.39 is 0 Å². The van der Waals surface area contributed by atoms with Crippen LogP contribution in [0, 0.1) is 0 Å². The molecule has 2 aromatic rings. The van der Waals surface area contributed by atoms with Crippen molar-refractivity contribution in [1.82, 2.24) is 5.32 Å². The molecular weight excluding hydrogens is 214 g/mol. The molecule has 0 aliphatic carbocycles. The molecular formula is C14H17NS. The van der Waals surface area contributed by atoms with Gasteiger partial charge in [-0.05, 0) is 36.9 Å². The third kappa shape index (κ3) is 3.19. The van der Waals surface area contributed by atoms with E-state index in [1.165, 1.54) is 10.4 Å². The van der Waals surface area contributed by atoms with E-state index in [1.54, 1.807) is 0 Å². The van der Waals surface area contributed by atoms with Crippen LogP contribution in [0.5, 0.6) is 0 Å². The maximum atomic E-state index is 3.54. The van der Waals surface area contributed by atoms with Crippen molar-refractivity contribution >= 4 is 11.3 Å². The minimum atomic E-state index is 0.462.